The third-order valence-electron chi connectivity index (χ3n) is 4.62. The SMILES string of the molecule is C#CCn1c(=NC(=O)Cc2ccc(OC)c(OC)c2)sc2cc3c(cc21)OCCO3. The van der Waals surface area contributed by atoms with Crippen molar-refractivity contribution in [2.75, 3.05) is 27.4 Å². The van der Waals surface area contributed by atoms with E-state index < -0.39 is 0 Å². The Morgan fingerprint density at radius 3 is 2.60 bits per heavy atom. The predicted octanol–water partition coefficient (Wildman–Crippen LogP) is 2.79. The molecule has 4 rings (SSSR count). The summed E-state index contributed by atoms with van der Waals surface area (Å²) in [6, 6.07) is 9.14. The van der Waals surface area contributed by atoms with Crippen molar-refractivity contribution in [3.05, 3.63) is 40.7 Å². The van der Waals surface area contributed by atoms with Crippen molar-refractivity contribution in [2.45, 2.75) is 13.0 Å². The summed E-state index contributed by atoms with van der Waals surface area (Å²) in [5.74, 6) is 4.88. The summed E-state index contributed by atoms with van der Waals surface area (Å²) in [5, 5.41) is 0. The second-order valence-electron chi connectivity index (χ2n) is 6.51. The van der Waals surface area contributed by atoms with Crippen LogP contribution in [0.15, 0.2) is 35.3 Å². The van der Waals surface area contributed by atoms with Gasteiger partial charge in [0, 0.05) is 12.1 Å². The molecule has 0 aliphatic carbocycles. The Morgan fingerprint density at radius 2 is 1.90 bits per heavy atom. The first kappa shape index (κ1) is 19.9. The molecule has 0 N–H and O–H groups in total. The van der Waals surface area contributed by atoms with E-state index in [1.54, 1.807) is 26.4 Å². The van der Waals surface area contributed by atoms with Gasteiger partial charge in [-0.3, -0.25) is 4.79 Å². The third kappa shape index (κ3) is 3.84. The molecule has 1 aromatic heterocycles. The summed E-state index contributed by atoms with van der Waals surface area (Å²) in [6.45, 7) is 1.30. The van der Waals surface area contributed by atoms with Crippen molar-refractivity contribution < 1.29 is 23.7 Å². The zero-order chi connectivity index (χ0) is 21.1. The summed E-state index contributed by atoms with van der Waals surface area (Å²) in [7, 11) is 3.12. The quantitative estimate of drug-likeness (QED) is 0.589. The van der Waals surface area contributed by atoms with Crippen LogP contribution in [0.25, 0.3) is 10.2 Å². The fourth-order valence-electron chi connectivity index (χ4n) is 3.25. The van der Waals surface area contributed by atoms with Crippen LogP contribution in [0.2, 0.25) is 0 Å². The molecule has 2 heterocycles. The zero-order valence-electron chi connectivity index (χ0n) is 16.6. The lowest BCUT2D eigenvalue weighted by Gasteiger charge is -2.18. The number of benzene rings is 2. The highest BCUT2D eigenvalue weighted by Gasteiger charge is 2.17. The van der Waals surface area contributed by atoms with Gasteiger partial charge in [-0.1, -0.05) is 23.3 Å². The number of ether oxygens (including phenoxy) is 4. The molecule has 8 heteroatoms. The predicted molar refractivity (Wildman–Crippen MR) is 113 cm³/mol. The number of nitrogens with zero attached hydrogens (tertiary/aromatic N) is 2. The van der Waals surface area contributed by atoms with Crippen LogP contribution in [0.3, 0.4) is 0 Å². The molecule has 0 bridgehead atoms. The van der Waals surface area contributed by atoms with Crippen LogP contribution in [0, 0.1) is 12.3 Å². The van der Waals surface area contributed by atoms with Crippen LogP contribution < -0.4 is 23.7 Å². The molecule has 0 fully saturated rings. The molecule has 1 amide bonds. The number of methoxy groups -OCH3 is 2. The van der Waals surface area contributed by atoms with Gasteiger partial charge in [-0.2, -0.15) is 4.99 Å². The van der Waals surface area contributed by atoms with Gasteiger partial charge in [0.1, 0.15) is 13.2 Å². The molecule has 30 heavy (non-hydrogen) atoms. The van der Waals surface area contributed by atoms with Crippen molar-refractivity contribution in [1.82, 2.24) is 4.57 Å². The molecule has 2 aromatic carbocycles. The van der Waals surface area contributed by atoms with E-state index in [0.29, 0.717) is 47.6 Å². The summed E-state index contributed by atoms with van der Waals surface area (Å²) in [5.41, 5.74) is 1.64. The highest BCUT2D eigenvalue weighted by atomic mass is 32.1. The Bertz CT molecular complexity index is 1220. The maximum atomic E-state index is 12.7. The van der Waals surface area contributed by atoms with Crippen molar-refractivity contribution in [1.29, 1.82) is 0 Å². The first-order valence-electron chi connectivity index (χ1n) is 9.28. The number of aromatic nitrogens is 1. The molecule has 1 aliphatic rings. The van der Waals surface area contributed by atoms with Crippen molar-refractivity contribution >= 4 is 27.5 Å². The number of hydrogen-bond donors (Lipinski definition) is 0. The van der Waals surface area contributed by atoms with Gasteiger partial charge in [0.05, 0.1) is 37.4 Å². The zero-order valence-corrected chi connectivity index (χ0v) is 17.5. The molecular weight excluding hydrogens is 404 g/mol. The molecule has 1 aliphatic heterocycles. The van der Waals surface area contributed by atoms with Crippen LogP contribution >= 0.6 is 11.3 Å². The van der Waals surface area contributed by atoms with E-state index >= 15 is 0 Å². The van der Waals surface area contributed by atoms with Gasteiger partial charge in [0.2, 0.25) is 0 Å². The van der Waals surface area contributed by atoms with Crippen LogP contribution in [0.1, 0.15) is 5.56 Å². The van der Waals surface area contributed by atoms with Crippen LogP contribution in [0.5, 0.6) is 23.0 Å². The average Bonchev–Trinajstić information content (AvgIpc) is 3.08. The second kappa shape index (κ2) is 8.51. The lowest BCUT2D eigenvalue weighted by molar-refractivity contribution is -0.117. The minimum Gasteiger partial charge on any atom is -0.493 e. The molecule has 0 atom stereocenters. The second-order valence-corrected chi connectivity index (χ2v) is 7.52. The Morgan fingerprint density at radius 1 is 1.17 bits per heavy atom. The largest absolute Gasteiger partial charge is 0.493 e. The Kier molecular flexibility index (Phi) is 5.63. The smallest absolute Gasteiger partial charge is 0.252 e. The van der Waals surface area contributed by atoms with Crippen molar-refractivity contribution in [3.63, 3.8) is 0 Å². The van der Waals surface area contributed by atoms with E-state index in [1.165, 1.54) is 11.3 Å². The lowest BCUT2D eigenvalue weighted by atomic mass is 10.1. The topological polar surface area (TPSA) is 71.3 Å². The Labute approximate surface area is 177 Å². The Balaban J connectivity index is 1.70. The molecule has 0 saturated heterocycles. The van der Waals surface area contributed by atoms with E-state index in [9.17, 15) is 4.79 Å². The summed E-state index contributed by atoms with van der Waals surface area (Å²) >= 11 is 1.39. The highest BCUT2D eigenvalue weighted by molar-refractivity contribution is 7.16. The molecule has 0 saturated carbocycles. The van der Waals surface area contributed by atoms with E-state index in [0.717, 1.165) is 15.8 Å². The first-order chi connectivity index (χ1) is 14.6. The number of hydrogen-bond acceptors (Lipinski definition) is 6. The lowest BCUT2D eigenvalue weighted by Crippen LogP contribution is -2.18. The van der Waals surface area contributed by atoms with E-state index in [1.807, 2.05) is 22.8 Å². The van der Waals surface area contributed by atoms with E-state index in [-0.39, 0.29) is 12.3 Å². The molecule has 7 nitrogen and oxygen atoms in total. The fourth-order valence-corrected chi connectivity index (χ4v) is 4.30. The molecule has 0 unspecified atom stereocenters. The number of carbonyl (C=O) groups excluding carboxylic acids is 1. The number of carbonyl (C=O) groups is 1. The van der Waals surface area contributed by atoms with Crippen molar-refractivity contribution in [3.8, 4) is 35.3 Å². The van der Waals surface area contributed by atoms with Gasteiger partial charge in [0.25, 0.3) is 5.91 Å². The number of rotatable bonds is 5. The molecular formula is C22H20N2O5S. The van der Waals surface area contributed by atoms with Gasteiger partial charge in [-0.15, -0.1) is 6.42 Å². The minimum absolute atomic E-state index is 0.132. The molecule has 3 aromatic rings. The monoisotopic (exact) mass is 424 g/mol. The number of terminal acetylenes is 1. The number of amides is 1. The third-order valence-corrected chi connectivity index (χ3v) is 5.66. The van der Waals surface area contributed by atoms with Crippen molar-refractivity contribution in [2.24, 2.45) is 4.99 Å². The fraction of sp³-hybridized carbons (Fsp3) is 0.273. The minimum atomic E-state index is -0.281. The number of thiazole rings is 1. The van der Waals surface area contributed by atoms with Crippen LogP contribution in [0.4, 0.5) is 0 Å². The molecule has 0 spiro atoms. The standard InChI is InChI=1S/C22H20N2O5S/c1-4-7-24-15-12-18-19(29-9-8-28-18)13-20(15)30-22(24)23-21(25)11-14-5-6-16(26-2)17(10-14)27-3/h1,5-6,10,12-13H,7-9,11H2,2-3H3. The van der Waals surface area contributed by atoms with Gasteiger partial charge < -0.3 is 23.5 Å². The summed E-state index contributed by atoms with van der Waals surface area (Å²) in [4.78, 5) is 17.5. The first-order valence-corrected chi connectivity index (χ1v) is 10.1. The highest BCUT2D eigenvalue weighted by Crippen LogP contribution is 2.35. The van der Waals surface area contributed by atoms with Crippen LogP contribution in [-0.2, 0) is 17.8 Å². The molecule has 154 valence electrons. The van der Waals surface area contributed by atoms with Gasteiger partial charge in [0.15, 0.2) is 27.8 Å². The Hall–Kier alpha value is -3.44. The summed E-state index contributed by atoms with van der Waals surface area (Å²) in [6.07, 6.45) is 5.69. The van der Waals surface area contributed by atoms with Crippen LogP contribution in [-0.4, -0.2) is 37.9 Å². The van der Waals surface area contributed by atoms with Gasteiger partial charge in [-0.25, -0.2) is 0 Å². The van der Waals surface area contributed by atoms with E-state index in [2.05, 4.69) is 10.9 Å². The normalized spacial score (nSPS) is 13.2. The van der Waals surface area contributed by atoms with Gasteiger partial charge in [-0.05, 0) is 17.7 Å². The summed E-state index contributed by atoms with van der Waals surface area (Å²) < 4.78 is 24.6. The maximum Gasteiger partial charge on any atom is 0.252 e. The molecule has 0 radical (unpaired) electrons. The maximum absolute atomic E-state index is 12.7. The average molecular weight is 424 g/mol. The van der Waals surface area contributed by atoms with Gasteiger partial charge >= 0.3 is 0 Å². The van der Waals surface area contributed by atoms with E-state index in [4.69, 9.17) is 25.4 Å². The number of fused-ring (bicyclic) bond motifs is 2.